The number of halogens is 1. The van der Waals surface area contributed by atoms with Crippen LogP contribution in [0.2, 0.25) is 5.02 Å². The number of rotatable bonds is 8. The van der Waals surface area contributed by atoms with Crippen LogP contribution in [-0.4, -0.2) is 28.8 Å². The van der Waals surface area contributed by atoms with Crippen LogP contribution in [0.4, 0.5) is 0 Å². The largest absolute Gasteiger partial charge is 0.352 e. The lowest BCUT2D eigenvalue weighted by Crippen LogP contribution is -2.50. The van der Waals surface area contributed by atoms with Crippen LogP contribution in [0.1, 0.15) is 43.9 Å². The lowest BCUT2D eigenvalue weighted by Gasteiger charge is -2.31. The van der Waals surface area contributed by atoms with Crippen molar-refractivity contribution in [1.82, 2.24) is 10.2 Å². The number of hydrogen-bond donors (Lipinski definition) is 1. The Hall–Kier alpha value is -2.33. The van der Waals surface area contributed by atoms with E-state index in [1.54, 1.807) is 17.0 Å². The highest BCUT2D eigenvalue weighted by Crippen LogP contribution is 2.17. The fraction of sp³-hybridized carbons (Fsp3) is 0.391. The number of amides is 2. The Kier molecular flexibility index (Phi) is 8.06. The van der Waals surface area contributed by atoms with Gasteiger partial charge in [0.2, 0.25) is 11.8 Å². The van der Waals surface area contributed by atoms with Crippen molar-refractivity contribution in [1.29, 1.82) is 0 Å². The van der Waals surface area contributed by atoms with Gasteiger partial charge in [-0.05, 0) is 50.5 Å². The molecule has 28 heavy (non-hydrogen) atoms. The van der Waals surface area contributed by atoms with Crippen molar-refractivity contribution in [2.45, 2.75) is 59.2 Å². The summed E-state index contributed by atoms with van der Waals surface area (Å²) in [4.78, 5) is 27.6. The van der Waals surface area contributed by atoms with E-state index in [4.69, 9.17) is 11.6 Å². The van der Waals surface area contributed by atoms with E-state index in [-0.39, 0.29) is 24.3 Å². The highest BCUT2D eigenvalue weighted by Gasteiger charge is 2.28. The second kappa shape index (κ2) is 10.3. The molecule has 0 aliphatic heterocycles. The lowest BCUT2D eigenvalue weighted by atomic mass is 10.1. The number of nitrogens with one attached hydrogen (secondary N) is 1. The fourth-order valence-electron chi connectivity index (χ4n) is 3.11. The van der Waals surface area contributed by atoms with Crippen molar-refractivity contribution in [3.05, 3.63) is 70.2 Å². The summed E-state index contributed by atoms with van der Waals surface area (Å²) >= 11 is 6.06. The Bertz CT molecular complexity index is 803. The van der Waals surface area contributed by atoms with Gasteiger partial charge in [-0.25, -0.2) is 0 Å². The number of benzene rings is 2. The van der Waals surface area contributed by atoms with Crippen molar-refractivity contribution in [3.8, 4) is 0 Å². The van der Waals surface area contributed by atoms with E-state index in [1.165, 1.54) is 0 Å². The summed E-state index contributed by atoms with van der Waals surface area (Å²) in [6.45, 7) is 8.19. The molecule has 0 saturated heterocycles. The maximum absolute atomic E-state index is 13.2. The van der Waals surface area contributed by atoms with Gasteiger partial charge < -0.3 is 10.2 Å². The monoisotopic (exact) mass is 400 g/mol. The molecule has 1 N–H and O–H groups in total. The normalized spacial score (nSPS) is 11.9. The van der Waals surface area contributed by atoms with Gasteiger partial charge in [-0.2, -0.15) is 0 Å². The van der Waals surface area contributed by atoms with Crippen molar-refractivity contribution in [2.24, 2.45) is 0 Å². The van der Waals surface area contributed by atoms with Crippen LogP contribution in [0, 0.1) is 6.92 Å². The Balaban J connectivity index is 2.28. The molecule has 0 aliphatic rings. The van der Waals surface area contributed by atoms with Crippen molar-refractivity contribution in [2.75, 3.05) is 0 Å². The average Bonchev–Trinajstić information content (AvgIpc) is 2.62. The molecule has 0 aromatic heterocycles. The molecule has 0 aliphatic carbocycles. The summed E-state index contributed by atoms with van der Waals surface area (Å²) in [6.07, 6.45) is 0.754. The molecule has 0 bridgehead atoms. The zero-order valence-corrected chi connectivity index (χ0v) is 17.8. The van der Waals surface area contributed by atoms with E-state index in [2.05, 4.69) is 5.32 Å². The van der Waals surface area contributed by atoms with Gasteiger partial charge in [0.25, 0.3) is 0 Å². The minimum absolute atomic E-state index is 0.0193. The molecule has 2 amide bonds. The van der Waals surface area contributed by atoms with E-state index in [9.17, 15) is 9.59 Å². The summed E-state index contributed by atoms with van der Waals surface area (Å²) in [7, 11) is 0. The van der Waals surface area contributed by atoms with Gasteiger partial charge in [0.1, 0.15) is 6.04 Å². The van der Waals surface area contributed by atoms with Crippen molar-refractivity contribution in [3.63, 3.8) is 0 Å². The standard InChI is InChI=1S/C23H29ClN2O2/c1-5-21(23(28)25-16(2)3)26(15-18-11-9-17(4)10-12-18)22(27)14-19-7-6-8-20(24)13-19/h6-13,16,21H,5,14-15H2,1-4H3,(H,25,28)/t21-/m1/s1. The van der Waals surface area contributed by atoms with E-state index >= 15 is 0 Å². The zero-order chi connectivity index (χ0) is 20.7. The third-order valence-corrected chi connectivity index (χ3v) is 4.77. The predicted molar refractivity (Wildman–Crippen MR) is 114 cm³/mol. The molecule has 4 nitrogen and oxygen atoms in total. The average molecular weight is 401 g/mol. The lowest BCUT2D eigenvalue weighted by molar-refractivity contribution is -0.141. The Morgan fingerprint density at radius 1 is 1.07 bits per heavy atom. The van der Waals surface area contributed by atoms with Crippen LogP contribution in [0.25, 0.3) is 0 Å². The zero-order valence-electron chi connectivity index (χ0n) is 17.0. The summed E-state index contributed by atoms with van der Waals surface area (Å²) in [6, 6.07) is 14.8. The summed E-state index contributed by atoms with van der Waals surface area (Å²) < 4.78 is 0. The second-order valence-electron chi connectivity index (χ2n) is 7.40. The number of carbonyl (C=O) groups excluding carboxylic acids is 2. The molecule has 0 unspecified atom stereocenters. The van der Waals surface area contributed by atoms with E-state index in [1.807, 2.05) is 64.1 Å². The molecule has 2 rings (SSSR count). The Morgan fingerprint density at radius 3 is 2.32 bits per heavy atom. The topological polar surface area (TPSA) is 49.4 Å². The highest BCUT2D eigenvalue weighted by atomic mass is 35.5. The maximum Gasteiger partial charge on any atom is 0.243 e. The summed E-state index contributed by atoms with van der Waals surface area (Å²) in [5, 5.41) is 3.54. The van der Waals surface area contributed by atoms with Crippen LogP contribution >= 0.6 is 11.6 Å². The maximum atomic E-state index is 13.2. The molecule has 1 atom stereocenters. The van der Waals surface area contributed by atoms with Crippen LogP contribution in [0.5, 0.6) is 0 Å². The van der Waals surface area contributed by atoms with E-state index in [0.717, 1.165) is 16.7 Å². The minimum atomic E-state index is -0.518. The molecule has 2 aromatic carbocycles. The van der Waals surface area contributed by atoms with Crippen molar-refractivity contribution < 1.29 is 9.59 Å². The molecular weight excluding hydrogens is 372 g/mol. The van der Waals surface area contributed by atoms with Gasteiger partial charge in [0, 0.05) is 17.6 Å². The van der Waals surface area contributed by atoms with Gasteiger partial charge in [-0.1, -0.05) is 60.5 Å². The highest BCUT2D eigenvalue weighted by molar-refractivity contribution is 6.30. The van der Waals surface area contributed by atoms with Crippen molar-refractivity contribution >= 4 is 23.4 Å². The third-order valence-electron chi connectivity index (χ3n) is 4.53. The SMILES string of the molecule is CC[C@H](C(=O)NC(C)C)N(Cc1ccc(C)cc1)C(=O)Cc1cccc(Cl)c1. The summed E-state index contributed by atoms with van der Waals surface area (Å²) in [5.41, 5.74) is 3.00. The smallest absolute Gasteiger partial charge is 0.243 e. The predicted octanol–water partition coefficient (Wildman–Crippen LogP) is 4.52. The molecule has 0 fully saturated rings. The first kappa shape index (κ1) is 22.0. The fourth-order valence-corrected chi connectivity index (χ4v) is 3.33. The van der Waals surface area contributed by atoms with Crippen LogP contribution in [-0.2, 0) is 22.6 Å². The molecule has 0 heterocycles. The number of hydrogen-bond acceptors (Lipinski definition) is 2. The van der Waals surface area contributed by atoms with Crippen LogP contribution < -0.4 is 5.32 Å². The number of carbonyl (C=O) groups is 2. The van der Waals surface area contributed by atoms with Crippen LogP contribution in [0.15, 0.2) is 48.5 Å². The Morgan fingerprint density at radius 2 is 1.75 bits per heavy atom. The van der Waals surface area contributed by atoms with Gasteiger partial charge in [-0.3, -0.25) is 9.59 Å². The first-order valence-corrected chi connectivity index (χ1v) is 10.1. The molecule has 0 radical (unpaired) electrons. The second-order valence-corrected chi connectivity index (χ2v) is 7.84. The van der Waals surface area contributed by atoms with E-state index < -0.39 is 6.04 Å². The van der Waals surface area contributed by atoms with E-state index in [0.29, 0.717) is 18.0 Å². The molecule has 150 valence electrons. The molecule has 0 saturated carbocycles. The quantitative estimate of drug-likeness (QED) is 0.708. The first-order chi connectivity index (χ1) is 13.3. The van der Waals surface area contributed by atoms with Crippen LogP contribution in [0.3, 0.4) is 0 Å². The third kappa shape index (κ3) is 6.38. The molecule has 0 spiro atoms. The van der Waals surface area contributed by atoms with Gasteiger partial charge in [0.05, 0.1) is 6.42 Å². The minimum Gasteiger partial charge on any atom is -0.352 e. The van der Waals surface area contributed by atoms with Gasteiger partial charge >= 0.3 is 0 Å². The summed E-state index contributed by atoms with van der Waals surface area (Å²) in [5.74, 6) is -0.211. The van der Waals surface area contributed by atoms with Gasteiger partial charge in [0.15, 0.2) is 0 Å². The van der Waals surface area contributed by atoms with Gasteiger partial charge in [-0.15, -0.1) is 0 Å². The Labute approximate surface area is 172 Å². The molecular formula is C23H29ClN2O2. The molecule has 2 aromatic rings. The number of nitrogens with zero attached hydrogens (tertiary/aromatic N) is 1. The molecule has 5 heteroatoms. The first-order valence-electron chi connectivity index (χ1n) is 9.70. The number of aryl methyl sites for hydroxylation is 1.